The van der Waals surface area contributed by atoms with E-state index in [1.807, 2.05) is 4.90 Å². The molecule has 1 heterocycles. The number of nitrogens with zero attached hydrogens (tertiary/aromatic N) is 1. The van der Waals surface area contributed by atoms with Crippen molar-refractivity contribution in [1.29, 1.82) is 0 Å². The summed E-state index contributed by atoms with van der Waals surface area (Å²) >= 11 is 0. The van der Waals surface area contributed by atoms with Gasteiger partial charge in [-0.2, -0.15) is 0 Å². The molecule has 0 aromatic heterocycles. The molecule has 3 heteroatoms. The molecule has 1 amide bonds. The van der Waals surface area contributed by atoms with Crippen molar-refractivity contribution < 1.29 is 4.79 Å². The van der Waals surface area contributed by atoms with Crippen LogP contribution in [0, 0.1) is 11.8 Å². The average Bonchev–Trinajstić information content (AvgIpc) is 3.32. The predicted molar refractivity (Wildman–Crippen MR) is 81.0 cm³/mol. The van der Waals surface area contributed by atoms with Crippen LogP contribution >= 0.6 is 0 Å². The highest BCUT2D eigenvalue weighted by molar-refractivity contribution is 5.94. The Morgan fingerprint density at radius 1 is 1.25 bits per heavy atom. The molecule has 2 fully saturated rings. The summed E-state index contributed by atoms with van der Waals surface area (Å²) < 4.78 is 0. The van der Waals surface area contributed by atoms with Gasteiger partial charge in [-0.3, -0.25) is 4.79 Å². The van der Waals surface area contributed by atoms with E-state index in [4.69, 9.17) is 0 Å². The van der Waals surface area contributed by atoms with Crippen LogP contribution in [-0.2, 0) is 11.2 Å². The molecule has 1 aromatic carbocycles. The summed E-state index contributed by atoms with van der Waals surface area (Å²) in [6.45, 7) is 2.49. The number of fused-ring (bicyclic) bond motifs is 1. The van der Waals surface area contributed by atoms with Gasteiger partial charge in [0.15, 0.2) is 0 Å². The predicted octanol–water partition coefficient (Wildman–Crippen LogP) is 3.20. The van der Waals surface area contributed by atoms with E-state index in [0.717, 1.165) is 30.5 Å². The molecule has 1 aliphatic heterocycles. The maximum atomic E-state index is 11.6. The van der Waals surface area contributed by atoms with Gasteiger partial charge in [-0.25, -0.2) is 0 Å². The van der Waals surface area contributed by atoms with E-state index in [-0.39, 0.29) is 5.91 Å². The first-order valence-corrected chi connectivity index (χ1v) is 7.90. The van der Waals surface area contributed by atoms with Crippen LogP contribution in [0.25, 0.3) is 0 Å². The van der Waals surface area contributed by atoms with Crippen molar-refractivity contribution in [3.8, 4) is 0 Å². The SMILES string of the molecule is CC(=O)N1CCc2cc(NC(C3CC3)C3CC3)ccc21. The second kappa shape index (κ2) is 4.51. The summed E-state index contributed by atoms with van der Waals surface area (Å²) in [6.07, 6.45) is 6.59. The second-order valence-corrected chi connectivity index (χ2v) is 6.61. The molecule has 2 saturated carbocycles. The summed E-state index contributed by atoms with van der Waals surface area (Å²) in [5, 5.41) is 3.77. The molecule has 1 aromatic rings. The molecule has 4 rings (SSSR count). The lowest BCUT2D eigenvalue weighted by atomic mass is 10.1. The van der Waals surface area contributed by atoms with E-state index >= 15 is 0 Å². The molecule has 3 aliphatic rings. The summed E-state index contributed by atoms with van der Waals surface area (Å²) in [7, 11) is 0. The van der Waals surface area contributed by atoms with Crippen molar-refractivity contribution >= 4 is 17.3 Å². The molecule has 106 valence electrons. The quantitative estimate of drug-likeness (QED) is 0.911. The van der Waals surface area contributed by atoms with Crippen molar-refractivity contribution in [2.24, 2.45) is 11.8 Å². The lowest BCUT2D eigenvalue weighted by molar-refractivity contribution is -0.116. The molecule has 3 nitrogen and oxygen atoms in total. The molecular formula is C17H22N2O. The van der Waals surface area contributed by atoms with Crippen molar-refractivity contribution in [1.82, 2.24) is 0 Å². The fourth-order valence-electron chi connectivity index (χ4n) is 3.54. The van der Waals surface area contributed by atoms with E-state index in [1.54, 1.807) is 6.92 Å². The van der Waals surface area contributed by atoms with Crippen molar-refractivity contribution in [2.75, 3.05) is 16.8 Å². The fourth-order valence-corrected chi connectivity index (χ4v) is 3.54. The highest BCUT2D eigenvalue weighted by atomic mass is 16.2. The Bertz CT molecular complexity index is 534. The zero-order valence-electron chi connectivity index (χ0n) is 12.1. The Kier molecular flexibility index (Phi) is 2.76. The maximum Gasteiger partial charge on any atom is 0.223 e. The summed E-state index contributed by atoms with van der Waals surface area (Å²) in [5.74, 6) is 1.97. The Morgan fingerprint density at radius 3 is 2.55 bits per heavy atom. The molecule has 0 saturated heterocycles. The van der Waals surface area contributed by atoms with Gasteiger partial charge >= 0.3 is 0 Å². The van der Waals surface area contributed by atoms with Gasteiger partial charge in [0.25, 0.3) is 0 Å². The van der Waals surface area contributed by atoms with E-state index in [2.05, 4.69) is 23.5 Å². The molecule has 1 N–H and O–H groups in total. The number of hydrogen-bond acceptors (Lipinski definition) is 2. The first-order valence-electron chi connectivity index (χ1n) is 7.90. The minimum atomic E-state index is 0.151. The Labute approximate surface area is 120 Å². The highest BCUT2D eigenvalue weighted by Crippen LogP contribution is 2.46. The number of carbonyl (C=O) groups is 1. The number of hydrogen-bond donors (Lipinski definition) is 1. The van der Waals surface area contributed by atoms with Crippen molar-refractivity contribution in [3.63, 3.8) is 0 Å². The molecule has 0 bridgehead atoms. The zero-order chi connectivity index (χ0) is 13.7. The summed E-state index contributed by atoms with van der Waals surface area (Å²) in [6, 6.07) is 7.22. The van der Waals surface area contributed by atoms with Crippen LogP contribution in [0.3, 0.4) is 0 Å². The van der Waals surface area contributed by atoms with Crippen LogP contribution < -0.4 is 10.2 Å². The number of anilines is 2. The second-order valence-electron chi connectivity index (χ2n) is 6.61. The van der Waals surface area contributed by atoms with Crippen LogP contribution in [0.2, 0.25) is 0 Å². The molecule has 0 spiro atoms. The Hall–Kier alpha value is -1.51. The van der Waals surface area contributed by atoms with Crippen LogP contribution in [0.1, 0.15) is 38.2 Å². The minimum Gasteiger partial charge on any atom is -0.382 e. The zero-order valence-corrected chi connectivity index (χ0v) is 12.1. The van der Waals surface area contributed by atoms with Gasteiger partial charge in [0, 0.05) is 30.9 Å². The maximum absolute atomic E-state index is 11.6. The summed E-state index contributed by atoms with van der Waals surface area (Å²) in [4.78, 5) is 13.5. The molecule has 0 radical (unpaired) electrons. The monoisotopic (exact) mass is 270 g/mol. The van der Waals surface area contributed by atoms with Crippen molar-refractivity contribution in [3.05, 3.63) is 23.8 Å². The van der Waals surface area contributed by atoms with Gasteiger partial charge in [-0.1, -0.05) is 0 Å². The lowest BCUT2D eigenvalue weighted by Gasteiger charge is -2.20. The van der Waals surface area contributed by atoms with E-state index < -0.39 is 0 Å². The lowest BCUT2D eigenvalue weighted by Crippen LogP contribution is -2.26. The number of carbonyl (C=O) groups excluding carboxylic acids is 1. The smallest absolute Gasteiger partial charge is 0.223 e. The third kappa shape index (κ3) is 2.19. The minimum absolute atomic E-state index is 0.151. The molecule has 2 aliphatic carbocycles. The van der Waals surface area contributed by atoms with Crippen molar-refractivity contribution in [2.45, 2.75) is 45.1 Å². The number of benzene rings is 1. The third-order valence-electron chi connectivity index (χ3n) is 4.95. The van der Waals surface area contributed by atoms with Crippen LogP contribution in [0.5, 0.6) is 0 Å². The Morgan fingerprint density at radius 2 is 1.95 bits per heavy atom. The topological polar surface area (TPSA) is 32.3 Å². The van der Waals surface area contributed by atoms with E-state index in [0.29, 0.717) is 6.04 Å². The molecule has 0 atom stereocenters. The van der Waals surface area contributed by atoms with E-state index in [1.165, 1.54) is 36.9 Å². The molecule has 0 unspecified atom stereocenters. The highest BCUT2D eigenvalue weighted by Gasteiger charge is 2.41. The van der Waals surface area contributed by atoms with Gasteiger partial charge in [-0.15, -0.1) is 0 Å². The number of rotatable bonds is 4. The van der Waals surface area contributed by atoms with Gasteiger partial charge in [-0.05, 0) is 67.7 Å². The first-order chi connectivity index (χ1) is 9.72. The summed E-state index contributed by atoms with van der Waals surface area (Å²) in [5.41, 5.74) is 3.67. The molecule has 20 heavy (non-hydrogen) atoms. The largest absolute Gasteiger partial charge is 0.382 e. The van der Waals surface area contributed by atoms with Gasteiger partial charge < -0.3 is 10.2 Å². The number of amides is 1. The first kappa shape index (κ1) is 12.2. The van der Waals surface area contributed by atoms with Gasteiger partial charge in [0.1, 0.15) is 0 Å². The normalized spacial score (nSPS) is 21.2. The Balaban J connectivity index is 1.53. The standard InChI is InChI=1S/C17H22N2O/c1-11(20)19-9-8-14-10-15(6-7-16(14)19)18-17(12-2-3-12)13-4-5-13/h6-7,10,12-13,17-18H,2-5,8-9H2,1H3. The van der Waals surface area contributed by atoms with Crippen LogP contribution in [0.15, 0.2) is 18.2 Å². The molecular weight excluding hydrogens is 248 g/mol. The van der Waals surface area contributed by atoms with Crippen LogP contribution in [-0.4, -0.2) is 18.5 Å². The van der Waals surface area contributed by atoms with Gasteiger partial charge in [0.05, 0.1) is 0 Å². The third-order valence-corrected chi connectivity index (χ3v) is 4.95. The van der Waals surface area contributed by atoms with E-state index in [9.17, 15) is 4.79 Å². The van der Waals surface area contributed by atoms with Crippen LogP contribution in [0.4, 0.5) is 11.4 Å². The average molecular weight is 270 g/mol. The van der Waals surface area contributed by atoms with Gasteiger partial charge in [0.2, 0.25) is 5.91 Å². The fraction of sp³-hybridized carbons (Fsp3) is 0.588. The number of nitrogens with one attached hydrogen (secondary N) is 1.